The number of benzene rings is 1. The molecule has 2 atom stereocenters. The van der Waals surface area contributed by atoms with Gasteiger partial charge in [-0.25, -0.2) is 8.78 Å². The molecule has 0 spiro atoms. The predicted molar refractivity (Wildman–Crippen MR) is 69.1 cm³/mol. The number of nitrogens with zero attached hydrogens (tertiary/aromatic N) is 1. The molecule has 0 aliphatic carbocycles. The monoisotopic (exact) mass is 303 g/mol. The maximum Gasteiger partial charge on any atom is 0.190 e. The fourth-order valence-electron chi connectivity index (χ4n) is 1.76. The van der Waals surface area contributed by atoms with Gasteiger partial charge in [-0.05, 0) is 12.1 Å². The van der Waals surface area contributed by atoms with E-state index in [0.717, 1.165) is 12.1 Å². The molecule has 7 heteroatoms. The highest BCUT2D eigenvalue weighted by Gasteiger charge is 2.26. The molecule has 0 fully saturated rings. The molecule has 2 rings (SSSR count). The summed E-state index contributed by atoms with van der Waals surface area (Å²) in [5.41, 5.74) is 0.448. The Labute approximate surface area is 119 Å². The van der Waals surface area contributed by atoms with Crippen molar-refractivity contribution in [1.82, 2.24) is 0 Å². The molecule has 2 unspecified atom stereocenters. The van der Waals surface area contributed by atoms with Crippen LogP contribution in [0.1, 0.15) is 12.8 Å². The van der Waals surface area contributed by atoms with Crippen molar-refractivity contribution in [3.05, 3.63) is 29.8 Å². The number of carbonyl (C=O) groups excluding carboxylic acids is 1. The predicted octanol–water partition coefficient (Wildman–Crippen LogP) is 2.68. The average Bonchev–Trinajstić information content (AvgIpc) is 2.90. The second kappa shape index (κ2) is 6.65. The van der Waals surface area contributed by atoms with Gasteiger partial charge in [0, 0.05) is 12.8 Å². The van der Waals surface area contributed by atoms with E-state index in [-0.39, 0.29) is 12.7 Å². The Balaban J connectivity index is 1.79. The van der Waals surface area contributed by atoms with E-state index in [1.54, 1.807) is 0 Å². The van der Waals surface area contributed by atoms with Gasteiger partial charge in [-0.1, -0.05) is 11.2 Å². The minimum absolute atomic E-state index is 0.0688. The molecule has 0 aromatic heterocycles. The van der Waals surface area contributed by atoms with E-state index in [2.05, 4.69) is 5.16 Å². The molecule has 20 heavy (non-hydrogen) atoms. The minimum atomic E-state index is -0.801. The summed E-state index contributed by atoms with van der Waals surface area (Å²) in [4.78, 5) is 15.6. The van der Waals surface area contributed by atoms with Crippen molar-refractivity contribution in [2.24, 2.45) is 5.16 Å². The summed E-state index contributed by atoms with van der Waals surface area (Å²) in [7, 11) is 0. The SMILES string of the molecule is O=CC(Cl)C1=NOC(CCOc2c(F)cccc2F)C1. The van der Waals surface area contributed by atoms with Gasteiger partial charge >= 0.3 is 0 Å². The van der Waals surface area contributed by atoms with Gasteiger partial charge in [0.1, 0.15) is 17.8 Å². The van der Waals surface area contributed by atoms with Crippen molar-refractivity contribution < 1.29 is 23.1 Å². The largest absolute Gasteiger partial charge is 0.487 e. The molecule has 0 bridgehead atoms. The lowest BCUT2D eigenvalue weighted by molar-refractivity contribution is -0.106. The van der Waals surface area contributed by atoms with Crippen LogP contribution in [0.5, 0.6) is 5.75 Å². The van der Waals surface area contributed by atoms with Crippen LogP contribution < -0.4 is 4.74 Å². The molecule has 0 amide bonds. The number of para-hydroxylation sites is 1. The number of aldehydes is 1. The second-order valence-corrected chi connectivity index (χ2v) is 4.71. The minimum Gasteiger partial charge on any atom is -0.487 e. The highest BCUT2D eigenvalue weighted by molar-refractivity contribution is 6.39. The van der Waals surface area contributed by atoms with Crippen LogP contribution in [0.15, 0.2) is 23.4 Å². The number of rotatable bonds is 6. The van der Waals surface area contributed by atoms with E-state index in [1.807, 2.05) is 0 Å². The fourth-order valence-corrected chi connectivity index (χ4v) is 1.89. The Hall–Kier alpha value is -1.69. The lowest BCUT2D eigenvalue weighted by atomic mass is 10.1. The zero-order valence-corrected chi connectivity index (χ0v) is 11.1. The summed E-state index contributed by atoms with van der Waals surface area (Å²) < 4.78 is 31.6. The molecular formula is C13H12ClF2NO3. The van der Waals surface area contributed by atoms with Crippen molar-refractivity contribution in [2.75, 3.05) is 6.61 Å². The molecule has 1 aliphatic heterocycles. The summed E-state index contributed by atoms with van der Waals surface area (Å²) in [5.74, 6) is -1.91. The Morgan fingerprint density at radius 3 is 2.85 bits per heavy atom. The van der Waals surface area contributed by atoms with Gasteiger partial charge in [-0.2, -0.15) is 0 Å². The van der Waals surface area contributed by atoms with E-state index in [9.17, 15) is 13.6 Å². The zero-order valence-electron chi connectivity index (χ0n) is 10.4. The Bertz CT molecular complexity index is 504. The van der Waals surface area contributed by atoms with Gasteiger partial charge in [-0.3, -0.25) is 0 Å². The van der Waals surface area contributed by atoms with Gasteiger partial charge in [0.05, 0.1) is 12.3 Å². The van der Waals surface area contributed by atoms with Crippen LogP contribution in [0.4, 0.5) is 8.78 Å². The molecule has 0 radical (unpaired) electrons. The number of hydrogen-bond acceptors (Lipinski definition) is 4. The van der Waals surface area contributed by atoms with E-state index in [1.165, 1.54) is 6.07 Å². The van der Waals surface area contributed by atoms with Crippen LogP contribution in [0, 0.1) is 11.6 Å². The molecule has 0 saturated heterocycles. The van der Waals surface area contributed by atoms with E-state index < -0.39 is 22.8 Å². The third kappa shape index (κ3) is 3.45. The fraction of sp³-hybridized carbons (Fsp3) is 0.385. The zero-order chi connectivity index (χ0) is 14.5. The second-order valence-electron chi connectivity index (χ2n) is 4.24. The van der Waals surface area contributed by atoms with Crippen molar-refractivity contribution in [2.45, 2.75) is 24.3 Å². The first-order valence-corrected chi connectivity index (χ1v) is 6.44. The lowest BCUT2D eigenvalue weighted by Crippen LogP contribution is -2.18. The van der Waals surface area contributed by atoms with Gasteiger partial charge in [0.25, 0.3) is 0 Å². The van der Waals surface area contributed by atoms with Crippen LogP contribution in [0.2, 0.25) is 0 Å². The molecule has 0 saturated carbocycles. The van der Waals surface area contributed by atoms with Crippen molar-refractivity contribution >= 4 is 23.6 Å². The molecule has 1 aromatic rings. The number of ether oxygens (including phenoxy) is 1. The van der Waals surface area contributed by atoms with Crippen LogP contribution in [0.3, 0.4) is 0 Å². The van der Waals surface area contributed by atoms with Crippen LogP contribution in [-0.4, -0.2) is 30.1 Å². The topological polar surface area (TPSA) is 47.9 Å². The van der Waals surface area contributed by atoms with Crippen molar-refractivity contribution in [1.29, 1.82) is 0 Å². The maximum atomic E-state index is 13.3. The van der Waals surface area contributed by atoms with Gasteiger partial charge in [0.2, 0.25) is 0 Å². The summed E-state index contributed by atoms with van der Waals surface area (Å²) in [6, 6.07) is 3.50. The van der Waals surface area contributed by atoms with Crippen LogP contribution in [0.25, 0.3) is 0 Å². The van der Waals surface area contributed by atoms with Crippen LogP contribution in [-0.2, 0) is 9.63 Å². The van der Waals surface area contributed by atoms with Crippen molar-refractivity contribution in [3.63, 3.8) is 0 Å². The molecule has 108 valence electrons. The summed E-state index contributed by atoms with van der Waals surface area (Å²) in [5, 5.41) is 2.90. The van der Waals surface area contributed by atoms with Crippen LogP contribution >= 0.6 is 11.6 Å². The standard InChI is InChI=1S/C13H12ClF2NO3/c14-9(7-18)12-6-8(20-17-12)4-5-19-13-10(15)2-1-3-11(13)16/h1-3,7-9H,4-6H2. The molecule has 4 nitrogen and oxygen atoms in total. The van der Waals surface area contributed by atoms with E-state index in [0.29, 0.717) is 24.8 Å². The Morgan fingerprint density at radius 1 is 1.50 bits per heavy atom. The van der Waals surface area contributed by atoms with E-state index >= 15 is 0 Å². The first kappa shape index (κ1) is 14.7. The molecule has 1 aliphatic rings. The summed E-state index contributed by atoms with van der Waals surface area (Å²) >= 11 is 5.70. The third-order valence-corrected chi connectivity index (χ3v) is 3.15. The number of carbonyl (C=O) groups is 1. The molecular weight excluding hydrogens is 292 g/mol. The first-order valence-electron chi connectivity index (χ1n) is 6.00. The molecule has 0 N–H and O–H groups in total. The average molecular weight is 304 g/mol. The number of hydrogen-bond donors (Lipinski definition) is 0. The highest BCUT2D eigenvalue weighted by atomic mass is 35.5. The third-order valence-electron chi connectivity index (χ3n) is 2.80. The normalized spacial score (nSPS) is 19.1. The first-order chi connectivity index (χ1) is 9.61. The summed E-state index contributed by atoms with van der Waals surface area (Å²) in [6.45, 7) is 0.0688. The number of halogens is 3. The van der Waals surface area contributed by atoms with Gasteiger partial charge in [0.15, 0.2) is 17.4 Å². The maximum absolute atomic E-state index is 13.3. The Morgan fingerprint density at radius 2 is 2.20 bits per heavy atom. The van der Waals surface area contributed by atoms with Gasteiger partial charge < -0.3 is 14.4 Å². The number of oxime groups is 1. The molecule has 1 aromatic carbocycles. The Kier molecular flexibility index (Phi) is 4.89. The molecule has 1 heterocycles. The van der Waals surface area contributed by atoms with E-state index in [4.69, 9.17) is 21.2 Å². The quantitative estimate of drug-likeness (QED) is 0.599. The number of alkyl halides is 1. The summed E-state index contributed by atoms with van der Waals surface area (Å²) in [6.07, 6.45) is 1.04. The smallest absolute Gasteiger partial charge is 0.190 e. The lowest BCUT2D eigenvalue weighted by Gasteiger charge is -2.11. The van der Waals surface area contributed by atoms with Crippen molar-refractivity contribution in [3.8, 4) is 5.75 Å². The highest BCUT2D eigenvalue weighted by Crippen LogP contribution is 2.22. The van der Waals surface area contributed by atoms with Gasteiger partial charge in [-0.15, -0.1) is 11.6 Å².